The van der Waals surface area contributed by atoms with Gasteiger partial charge in [-0.1, -0.05) is 39.5 Å². The van der Waals surface area contributed by atoms with Gasteiger partial charge in [0, 0.05) is 44.3 Å². The number of likely N-dealkylation sites (tertiary alicyclic amines) is 1. The molecule has 3 rings (SSSR count). The number of nitrogens with zero attached hydrogens (tertiary/aromatic N) is 1. The van der Waals surface area contributed by atoms with Crippen LogP contribution >= 0.6 is 0 Å². The summed E-state index contributed by atoms with van der Waals surface area (Å²) in [5, 5.41) is 5.86. The molecule has 0 unspecified atom stereocenters. The lowest BCUT2D eigenvalue weighted by Gasteiger charge is -2.39. The fourth-order valence-electron chi connectivity index (χ4n) is 5.59. The lowest BCUT2D eigenvalue weighted by molar-refractivity contribution is -0.143. The summed E-state index contributed by atoms with van der Waals surface area (Å²) in [6, 6.07) is -0.198. The summed E-state index contributed by atoms with van der Waals surface area (Å²) >= 11 is 0. The van der Waals surface area contributed by atoms with Crippen molar-refractivity contribution in [1.82, 2.24) is 15.5 Å². The highest BCUT2D eigenvalue weighted by atomic mass is 16.2. The van der Waals surface area contributed by atoms with E-state index in [1.165, 1.54) is 0 Å². The van der Waals surface area contributed by atoms with Crippen LogP contribution < -0.4 is 10.6 Å². The number of hydrogen-bond donors (Lipinski definition) is 2. The van der Waals surface area contributed by atoms with Crippen molar-refractivity contribution in [2.75, 3.05) is 19.6 Å². The first-order valence-electron chi connectivity index (χ1n) is 13.2. The number of ketones is 3. The molecule has 34 heavy (non-hydrogen) atoms. The van der Waals surface area contributed by atoms with Crippen LogP contribution in [0.1, 0.15) is 90.9 Å². The molecule has 3 amide bonds. The van der Waals surface area contributed by atoms with Gasteiger partial charge in [-0.05, 0) is 44.4 Å². The maximum Gasteiger partial charge on any atom is 0.318 e. The van der Waals surface area contributed by atoms with Crippen molar-refractivity contribution < 1.29 is 24.0 Å². The molecule has 0 radical (unpaired) electrons. The molecule has 0 aromatic rings. The van der Waals surface area contributed by atoms with E-state index in [9.17, 15) is 24.0 Å². The molecule has 2 N–H and O–H groups in total. The largest absolute Gasteiger partial charge is 0.356 e. The van der Waals surface area contributed by atoms with E-state index in [-0.39, 0.29) is 36.5 Å². The summed E-state index contributed by atoms with van der Waals surface area (Å²) in [6.07, 6.45) is 7.96. The van der Waals surface area contributed by atoms with Gasteiger partial charge in [0.15, 0.2) is 11.6 Å². The van der Waals surface area contributed by atoms with Crippen LogP contribution in [0.3, 0.4) is 0 Å². The van der Waals surface area contributed by atoms with Gasteiger partial charge >= 0.3 is 6.03 Å². The maximum absolute atomic E-state index is 13.6. The lowest BCUT2D eigenvalue weighted by Crippen LogP contribution is -2.59. The van der Waals surface area contributed by atoms with Crippen molar-refractivity contribution >= 4 is 29.3 Å². The topological polar surface area (TPSA) is 113 Å². The first kappa shape index (κ1) is 26.4. The molecule has 3 fully saturated rings. The molecule has 0 aromatic heterocycles. The zero-order valence-corrected chi connectivity index (χ0v) is 20.8. The van der Waals surface area contributed by atoms with Crippen LogP contribution in [0.15, 0.2) is 0 Å². The van der Waals surface area contributed by atoms with Gasteiger partial charge in [-0.3, -0.25) is 19.2 Å². The Kier molecular flexibility index (Phi) is 9.25. The standard InChI is InChI=1S/C26H41N3O5/c1-18(2)20(23(32)21(30)16-19-10-4-7-13-27-24(19)33)17-22(31)26(11-5-3-6-12-26)28-25(34)29-14-8-9-15-29/h18-20H,3-17H2,1-2H3,(H,27,33)(H,28,34)/t19-,20+/m1/s1. The van der Waals surface area contributed by atoms with Crippen LogP contribution in [0, 0.1) is 17.8 Å². The average Bonchev–Trinajstić information content (AvgIpc) is 3.29. The number of rotatable bonds is 9. The average molecular weight is 476 g/mol. The molecule has 8 heteroatoms. The van der Waals surface area contributed by atoms with Crippen molar-refractivity contribution in [2.24, 2.45) is 17.8 Å². The monoisotopic (exact) mass is 475 g/mol. The molecule has 0 bridgehead atoms. The van der Waals surface area contributed by atoms with Crippen molar-refractivity contribution in [2.45, 2.75) is 96.4 Å². The van der Waals surface area contributed by atoms with Gasteiger partial charge in [-0.2, -0.15) is 0 Å². The number of carbonyl (C=O) groups is 5. The van der Waals surface area contributed by atoms with E-state index >= 15 is 0 Å². The number of Topliss-reactive ketones (excluding diaryl/α,β-unsaturated/α-hetero) is 3. The number of urea groups is 1. The van der Waals surface area contributed by atoms with E-state index < -0.39 is 28.9 Å². The van der Waals surface area contributed by atoms with Crippen LogP contribution in [0.2, 0.25) is 0 Å². The van der Waals surface area contributed by atoms with E-state index in [4.69, 9.17) is 0 Å². The Hall–Kier alpha value is -2.25. The van der Waals surface area contributed by atoms with E-state index in [1.807, 2.05) is 13.8 Å². The predicted molar refractivity (Wildman–Crippen MR) is 128 cm³/mol. The summed E-state index contributed by atoms with van der Waals surface area (Å²) in [7, 11) is 0. The maximum atomic E-state index is 13.6. The second-order valence-electron chi connectivity index (χ2n) is 10.7. The third-order valence-corrected chi connectivity index (χ3v) is 7.88. The van der Waals surface area contributed by atoms with Gasteiger partial charge in [0.1, 0.15) is 5.54 Å². The van der Waals surface area contributed by atoms with Crippen LogP contribution in [-0.4, -0.2) is 59.4 Å². The highest BCUT2D eigenvalue weighted by Gasteiger charge is 2.44. The van der Waals surface area contributed by atoms with Gasteiger partial charge < -0.3 is 15.5 Å². The quantitative estimate of drug-likeness (QED) is 0.498. The van der Waals surface area contributed by atoms with Gasteiger partial charge in [0.2, 0.25) is 11.7 Å². The summed E-state index contributed by atoms with van der Waals surface area (Å²) < 4.78 is 0. The molecule has 1 aliphatic carbocycles. The molecule has 190 valence electrons. The van der Waals surface area contributed by atoms with Crippen molar-refractivity contribution in [3.63, 3.8) is 0 Å². The molecule has 3 aliphatic rings. The van der Waals surface area contributed by atoms with Crippen LogP contribution in [-0.2, 0) is 19.2 Å². The van der Waals surface area contributed by atoms with Gasteiger partial charge in [-0.15, -0.1) is 0 Å². The normalized spacial score (nSPS) is 23.7. The zero-order chi connectivity index (χ0) is 24.7. The van der Waals surface area contributed by atoms with E-state index in [0.29, 0.717) is 38.9 Å². The third-order valence-electron chi connectivity index (χ3n) is 7.88. The molecule has 2 aliphatic heterocycles. The second-order valence-corrected chi connectivity index (χ2v) is 10.7. The number of nitrogens with one attached hydrogen (secondary N) is 2. The first-order chi connectivity index (χ1) is 16.2. The Labute approximate surface area is 203 Å². The Morgan fingerprint density at radius 3 is 2.32 bits per heavy atom. The van der Waals surface area contributed by atoms with Gasteiger partial charge in [0.25, 0.3) is 0 Å². The van der Waals surface area contributed by atoms with Crippen LogP contribution in [0.25, 0.3) is 0 Å². The molecule has 1 saturated carbocycles. The van der Waals surface area contributed by atoms with Gasteiger partial charge in [-0.25, -0.2) is 4.79 Å². The molecule has 2 heterocycles. The van der Waals surface area contributed by atoms with E-state index in [0.717, 1.165) is 44.9 Å². The van der Waals surface area contributed by atoms with Gasteiger partial charge in [0.05, 0.1) is 0 Å². The molecule has 8 nitrogen and oxygen atoms in total. The van der Waals surface area contributed by atoms with Crippen molar-refractivity contribution in [3.8, 4) is 0 Å². The number of amides is 3. The first-order valence-corrected chi connectivity index (χ1v) is 13.2. The molecular weight excluding hydrogens is 434 g/mol. The molecule has 2 atom stereocenters. The van der Waals surface area contributed by atoms with E-state index in [1.54, 1.807) is 4.90 Å². The smallest absolute Gasteiger partial charge is 0.318 e. The fraction of sp³-hybridized carbons (Fsp3) is 0.808. The zero-order valence-electron chi connectivity index (χ0n) is 20.8. The minimum Gasteiger partial charge on any atom is -0.356 e. The van der Waals surface area contributed by atoms with Crippen LogP contribution in [0.5, 0.6) is 0 Å². The second kappa shape index (κ2) is 11.9. The molecule has 0 aromatic carbocycles. The Morgan fingerprint density at radius 2 is 1.68 bits per heavy atom. The van der Waals surface area contributed by atoms with Crippen LogP contribution in [0.4, 0.5) is 4.79 Å². The highest BCUT2D eigenvalue weighted by Crippen LogP contribution is 2.33. The summed E-state index contributed by atoms with van der Waals surface area (Å²) in [5.41, 5.74) is -0.963. The summed E-state index contributed by atoms with van der Waals surface area (Å²) in [4.78, 5) is 66.6. The fourth-order valence-corrected chi connectivity index (χ4v) is 5.59. The number of hydrogen-bond acceptors (Lipinski definition) is 5. The summed E-state index contributed by atoms with van der Waals surface area (Å²) in [5.74, 6) is -2.85. The third kappa shape index (κ3) is 6.45. The highest BCUT2D eigenvalue weighted by molar-refractivity contribution is 6.38. The minimum absolute atomic E-state index is 0.0562. The van der Waals surface area contributed by atoms with Crippen molar-refractivity contribution in [1.29, 1.82) is 0 Å². The van der Waals surface area contributed by atoms with E-state index in [2.05, 4.69) is 10.6 Å². The Bertz CT molecular complexity index is 781. The lowest BCUT2D eigenvalue weighted by atomic mass is 9.73. The Balaban J connectivity index is 1.69. The molecule has 0 spiro atoms. The molecular formula is C26H41N3O5. The number of carbonyl (C=O) groups excluding carboxylic acids is 5. The predicted octanol–water partition coefficient (Wildman–Crippen LogP) is 3.17. The SMILES string of the molecule is CC(C)[C@H](CC(=O)C1(NC(=O)N2CCCC2)CCCCC1)C(=O)C(=O)C[C@H]1CCCCNC1=O. The molecule has 2 saturated heterocycles. The Morgan fingerprint density at radius 1 is 1.00 bits per heavy atom. The summed E-state index contributed by atoms with van der Waals surface area (Å²) in [6.45, 7) is 5.69. The van der Waals surface area contributed by atoms with Crippen molar-refractivity contribution in [3.05, 3.63) is 0 Å². The minimum atomic E-state index is -0.963.